The molecule has 0 saturated heterocycles. The monoisotopic (exact) mass is 252 g/mol. The van der Waals surface area contributed by atoms with E-state index in [1.54, 1.807) is 6.07 Å². The molecule has 2 N–H and O–H groups in total. The normalized spacial score (nSPS) is 11.8. The van der Waals surface area contributed by atoms with Crippen LogP contribution in [0.5, 0.6) is 0 Å². The quantitative estimate of drug-likeness (QED) is 0.911. The molecular formula is C12H12F2N3O. The van der Waals surface area contributed by atoms with E-state index < -0.39 is 11.5 Å². The fourth-order valence-corrected chi connectivity index (χ4v) is 1.65. The summed E-state index contributed by atoms with van der Waals surface area (Å²) in [5.41, 5.74) is 4.44. The summed E-state index contributed by atoms with van der Waals surface area (Å²) in [5.74, 6) is -0.415. The van der Waals surface area contributed by atoms with Gasteiger partial charge in [0, 0.05) is 12.0 Å². The molecule has 1 aromatic carbocycles. The molecule has 95 valence electrons. The van der Waals surface area contributed by atoms with Gasteiger partial charge in [0.15, 0.2) is 0 Å². The molecule has 18 heavy (non-hydrogen) atoms. The Morgan fingerprint density at radius 2 is 2.11 bits per heavy atom. The van der Waals surface area contributed by atoms with Crippen LogP contribution in [-0.4, -0.2) is 15.9 Å². The number of rotatable bonds is 3. The molecule has 1 radical (unpaired) electrons. The average molecular weight is 252 g/mol. The van der Waals surface area contributed by atoms with E-state index in [0.717, 1.165) is 0 Å². The maximum Gasteiger partial charge on any atom is 0.313 e. The number of nitrogen functional groups attached to an aromatic ring is 1. The Balaban J connectivity index is 2.38. The van der Waals surface area contributed by atoms with Crippen molar-refractivity contribution in [2.24, 2.45) is 0 Å². The first-order valence-corrected chi connectivity index (χ1v) is 5.26. The highest BCUT2D eigenvalue weighted by Gasteiger charge is 2.18. The summed E-state index contributed by atoms with van der Waals surface area (Å²) in [5, 5.41) is 7.13. The van der Waals surface area contributed by atoms with Crippen LogP contribution in [0.4, 0.5) is 14.8 Å². The van der Waals surface area contributed by atoms with E-state index in [1.165, 1.54) is 19.1 Å². The highest BCUT2D eigenvalue weighted by Crippen LogP contribution is 2.24. The molecule has 0 amide bonds. The number of nitrogens with zero attached hydrogens (tertiary/aromatic N) is 2. The first-order chi connectivity index (χ1) is 8.33. The minimum Gasteiger partial charge on any atom is -0.404 e. The van der Waals surface area contributed by atoms with Crippen molar-refractivity contribution >= 4 is 6.01 Å². The molecule has 2 rings (SSSR count). The van der Waals surface area contributed by atoms with E-state index in [1.807, 2.05) is 0 Å². The third-order valence-electron chi connectivity index (χ3n) is 2.22. The Bertz CT molecular complexity index is 561. The molecule has 0 aliphatic rings. The molecule has 6 heteroatoms. The van der Waals surface area contributed by atoms with Gasteiger partial charge >= 0.3 is 6.01 Å². The van der Waals surface area contributed by atoms with Crippen molar-refractivity contribution in [2.45, 2.75) is 19.0 Å². The van der Waals surface area contributed by atoms with Crippen molar-refractivity contribution < 1.29 is 13.2 Å². The maximum atomic E-state index is 13.4. The van der Waals surface area contributed by atoms with E-state index >= 15 is 0 Å². The van der Waals surface area contributed by atoms with Crippen molar-refractivity contribution in [3.8, 4) is 11.5 Å². The van der Waals surface area contributed by atoms with Crippen molar-refractivity contribution in [3.63, 3.8) is 0 Å². The van der Waals surface area contributed by atoms with Gasteiger partial charge in [-0.2, -0.15) is 0 Å². The largest absolute Gasteiger partial charge is 0.404 e. The number of halogens is 2. The van der Waals surface area contributed by atoms with Crippen molar-refractivity contribution in [1.82, 2.24) is 10.2 Å². The summed E-state index contributed by atoms with van der Waals surface area (Å²) in [6.07, 6.45) is -0.0125. The van der Waals surface area contributed by atoms with Gasteiger partial charge in [0.05, 0.1) is 0 Å². The van der Waals surface area contributed by atoms with Gasteiger partial charge in [-0.15, -0.1) is 5.10 Å². The Morgan fingerprint density at radius 3 is 2.67 bits per heavy atom. The van der Waals surface area contributed by atoms with E-state index in [2.05, 4.69) is 17.1 Å². The molecule has 0 bridgehead atoms. The SMILES string of the molecule is [CH2]C(C)(F)Cc1cc(F)cc(-c2nnc(N)o2)c1. The van der Waals surface area contributed by atoms with Crippen molar-refractivity contribution in [3.05, 3.63) is 36.5 Å². The van der Waals surface area contributed by atoms with Crippen molar-refractivity contribution in [2.75, 3.05) is 5.73 Å². The second-order valence-corrected chi connectivity index (χ2v) is 4.38. The van der Waals surface area contributed by atoms with Gasteiger partial charge in [0.1, 0.15) is 11.5 Å². The minimum absolute atomic E-state index is 0.0125. The number of aromatic nitrogens is 2. The van der Waals surface area contributed by atoms with Crippen LogP contribution in [0, 0.1) is 12.7 Å². The standard InChI is InChI=1S/C12H12F2N3O/c1-12(2,14)6-7-3-8(5-9(13)4-7)10-16-17-11(15)18-10/h3-5H,1,6H2,2H3,(H2,15,17). The summed E-state index contributed by atoms with van der Waals surface area (Å²) >= 11 is 0. The first kappa shape index (κ1) is 12.5. The number of benzene rings is 1. The summed E-state index contributed by atoms with van der Waals surface area (Å²) in [6.45, 7) is 4.66. The van der Waals surface area contributed by atoms with E-state index in [0.29, 0.717) is 11.1 Å². The number of hydrogen-bond donors (Lipinski definition) is 1. The van der Waals surface area contributed by atoms with E-state index in [9.17, 15) is 8.78 Å². The Kier molecular flexibility index (Phi) is 3.02. The highest BCUT2D eigenvalue weighted by atomic mass is 19.1. The highest BCUT2D eigenvalue weighted by molar-refractivity contribution is 5.55. The second-order valence-electron chi connectivity index (χ2n) is 4.38. The minimum atomic E-state index is -1.67. The molecule has 0 fully saturated rings. The zero-order valence-corrected chi connectivity index (χ0v) is 9.78. The third-order valence-corrected chi connectivity index (χ3v) is 2.22. The van der Waals surface area contributed by atoms with Crippen LogP contribution in [-0.2, 0) is 6.42 Å². The van der Waals surface area contributed by atoms with Crippen molar-refractivity contribution in [1.29, 1.82) is 0 Å². The van der Waals surface area contributed by atoms with Crippen LogP contribution in [0.25, 0.3) is 11.5 Å². The molecule has 1 atom stereocenters. The van der Waals surface area contributed by atoms with Gasteiger partial charge < -0.3 is 10.2 Å². The van der Waals surface area contributed by atoms with Gasteiger partial charge in [-0.3, -0.25) is 0 Å². The van der Waals surface area contributed by atoms with Crippen LogP contribution >= 0.6 is 0 Å². The molecule has 0 aliphatic carbocycles. The Labute approximate surface area is 103 Å². The zero-order valence-electron chi connectivity index (χ0n) is 9.78. The van der Waals surface area contributed by atoms with E-state index in [4.69, 9.17) is 10.2 Å². The molecule has 1 heterocycles. The Morgan fingerprint density at radius 1 is 1.39 bits per heavy atom. The maximum absolute atomic E-state index is 13.4. The zero-order chi connectivity index (χ0) is 13.3. The smallest absolute Gasteiger partial charge is 0.313 e. The molecule has 1 aromatic heterocycles. The van der Waals surface area contributed by atoms with Gasteiger partial charge in [0.2, 0.25) is 5.89 Å². The molecule has 2 aromatic rings. The van der Waals surface area contributed by atoms with Crippen LogP contribution in [0.3, 0.4) is 0 Å². The summed E-state index contributed by atoms with van der Waals surface area (Å²) in [7, 11) is 0. The van der Waals surface area contributed by atoms with Gasteiger partial charge in [0.25, 0.3) is 0 Å². The van der Waals surface area contributed by atoms with Crippen LogP contribution in [0.2, 0.25) is 0 Å². The lowest BCUT2D eigenvalue weighted by atomic mass is 9.98. The number of nitrogens with two attached hydrogens (primary N) is 1. The lowest BCUT2D eigenvalue weighted by Crippen LogP contribution is -2.16. The number of hydrogen-bond acceptors (Lipinski definition) is 4. The van der Waals surface area contributed by atoms with Crippen LogP contribution < -0.4 is 5.73 Å². The lowest BCUT2D eigenvalue weighted by molar-refractivity contribution is 0.253. The second kappa shape index (κ2) is 4.36. The lowest BCUT2D eigenvalue weighted by Gasteiger charge is -2.14. The Hall–Kier alpha value is -1.98. The molecule has 0 saturated carbocycles. The number of anilines is 1. The average Bonchev–Trinajstić information content (AvgIpc) is 2.61. The summed E-state index contributed by atoms with van der Waals surface area (Å²) in [4.78, 5) is 0. The summed E-state index contributed by atoms with van der Waals surface area (Å²) < 4.78 is 31.9. The van der Waals surface area contributed by atoms with Gasteiger partial charge in [-0.25, -0.2) is 8.78 Å². The number of alkyl halides is 1. The fourth-order valence-electron chi connectivity index (χ4n) is 1.65. The molecule has 4 nitrogen and oxygen atoms in total. The molecular weight excluding hydrogens is 240 g/mol. The predicted octanol–water partition coefficient (Wildman–Crippen LogP) is 2.56. The summed E-state index contributed by atoms with van der Waals surface area (Å²) in [6, 6.07) is 3.92. The fraction of sp³-hybridized carbons (Fsp3) is 0.250. The molecule has 0 spiro atoms. The molecule has 1 unspecified atom stereocenters. The predicted molar refractivity (Wildman–Crippen MR) is 62.7 cm³/mol. The van der Waals surface area contributed by atoms with Gasteiger partial charge in [-0.05, 0) is 37.6 Å². The van der Waals surface area contributed by atoms with Gasteiger partial charge in [-0.1, -0.05) is 5.10 Å². The van der Waals surface area contributed by atoms with Crippen LogP contribution in [0.1, 0.15) is 12.5 Å². The van der Waals surface area contributed by atoms with E-state index in [-0.39, 0.29) is 18.3 Å². The molecule has 0 aliphatic heterocycles. The van der Waals surface area contributed by atoms with Crippen LogP contribution in [0.15, 0.2) is 22.6 Å². The third kappa shape index (κ3) is 3.03. The first-order valence-electron chi connectivity index (χ1n) is 5.26. The topological polar surface area (TPSA) is 64.9 Å².